The molecule has 2 bridgehead atoms. The predicted octanol–water partition coefficient (Wildman–Crippen LogP) is 3.76. The highest BCUT2D eigenvalue weighted by Gasteiger charge is 2.42. The number of hydrogen-bond acceptors (Lipinski definition) is 2. The SMILES string of the molecule is Oc1ccccc1C1CCN([C@H]2C[C@H]3CCC2C3)CC1. The second-order valence-corrected chi connectivity index (χ2v) is 7.11. The van der Waals surface area contributed by atoms with Crippen LogP contribution in [0.4, 0.5) is 0 Å². The zero-order valence-electron chi connectivity index (χ0n) is 12.2. The summed E-state index contributed by atoms with van der Waals surface area (Å²) in [5, 5.41) is 10.0. The van der Waals surface area contributed by atoms with Gasteiger partial charge in [0, 0.05) is 6.04 Å². The number of aromatic hydroxyl groups is 1. The largest absolute Gasteiger partial charge is 0.508 e. The van der Waals surface area contributed by atoms with Gasteiger partial charge in [0.2, 0.25) is 0 Å². The van der Waals surface area contributed by atoms with Gasteiger partial charge < -0.3 is 10.0 Å². The van der Waals surface area contributed by atoms with Crippen LogP contribution in [0.25, 0.3) is 0 Å². The van der Waals surface area contributed by atoms with Crippen molar-refractivity contribution < 1.29 is 5.11 Å². The van der Waals surface area contributed by atoms with Crippen molar-refractivity contribution in [1.29, 1.82) is 0 Å². The molecule has 20 heavy (non-hydrogen) atoms. The van der Waals surface area contributed by atoms with E-state index < -0.39 is 0 Å². The van der Waals surface area contributed by atoms with Crippen LogP contribution in [0, 0.1) is 11.8 Å². The second-order valence-electron chi connectivity index (χ2n) is 7.11. The first kappa shape index (κ1) is 12.7. The molecule has 3 fully saturated rings. The van der Waals surface area contributed by atoms with Gasteiger partial charge >= 0.3 is 0 Å². The van der Waals surface area contributed by atoms with E-state index in [0.29, 0.717) is 11.7 Å². The Morgan fingerprint density at radius 2 is 1.75 bits per heavy atom. The topological polar surface area (TPSA) is 23.5 Å². The quantitative estimate of drug-likeness (QED) is 0.885. The summed E-state index contributed by atoms with van der Waals surface area (Å²) in [6.07, 6.45) is 8.37. The van der Waals surface area contributed by atoms with Gasteiger partial charge in [-0.25, -0.2) is 0 Å². The molecular weight excluding hydrogens is 246 g/mol. The highest BCUT2D eigenvalue weighted by atomic mass is 16.3. The van der Waals surface area contributed by atoms with E-state index in [0.717, 1.165) is 17.9 Å². The van der Waals surface area contributed by atoms with Crippen LogP contribution in [0.5, 0.6) is 5.75 Å². The zero-order valence-corrected chi connectivity index (χ0v) is 12.2. The molecule has 2 saturated carbocycles. The maximum Gasteiger partial charge on any atom is 0.119 e. The number of phenolic OH excluding ortho intramolecular Hbond substituents is 1. The molecular formula is C18H25NO. The Morgan fingerprint density at radius 3 is 2.40 bits per heavy atom. The third-order valence-electron chi connectivity index (χ3n) is 6.08. The molecule has 2 aliphatic carbocycles. The summed E-state index contributed by atoms with van der Waals surface area (Å²) in [5.74, 6) is 3.10. The number of nitrogens with zero attached hydrogens (tertiary/aromatic N) is 1. The van der Waals surface area contributed by atoms with Crippen molar-refractivity contribution in [2.24, 2.45) is 11.8 Å². The fourth-order valence-electron chi connectivity index (χ4n) is 5.03. The molecule has 0 spiro atoms. The van der Waals surface area contributed by atoms with Crippen molar-refractivity contribution in [3.05, 3.63) is 29.8 Å². The van der Waals surface area contributed by atoms with E-state index in [1.807, 2.05) is 12.1 Å². The minimum absolute atomic E-state index is 0.492. The molecule has 1 saturated heterocycles. The Morgan fingerprint density at radius 1 is 0.950 bits per heavy atom. The maximum absolute atomic E-state index is 10.0. The third-order valence-corrected chi connectivity index (χ3v) is 6.08. The van der Waals surface area contributed by atoms with Crippen molar-refractivity contribution in [3.63, 3.8) is 0 Å². The van der Waals surface area contributed by atoms with E-state index in [2.05, 4.69) is 17.0 Å². The number of piperidine rings is 1. The highest BCUT2D eigenvalue weighted by molar-refractivity contribution is 5.35. The molecule has 2 heteroatoms. The van der Waals surface area contributed by atoms with Crippen molar-refractivity contribution in [3.8, 4) is 5.75 Å². The van der Waals surface area contributed by atoms with E-state index in [1.165, 1.54) is 57.2 Å². The van der Waals surface area contributed by atoms with Crippen molar-refractivity contribution in [1.82, 2.24) is 4.90 Å². The van der Waals surface area contributed by atoms with E-state index in [-0.39, 0.29) is 0 Å². The van der Waals surface area contributed by atoms with Crippen LogP contribution in [0.1, 0.15) is 50.0 Å². The molecule has 2 nitrogen and oxygen atoms in total. The Labute approximate surface area is 121 Å². The number of para-hydroxylation sites is 1. The van der Waals surface area contributed by atoms with E-state index >= 15 is 0 Å². The molecule has 4 rings (SSSR count). The van der Waals surface area contributed by atoms with Gasteiger partial charge in [-0.3, -0.25) is 0 Å². The van der Waals surface area contributed by atoms with Gasteiger partial charge in [-0.15, -0.1) is 0 Å². The lowest BCUT2D eigenvalue weighted by atomic mass is 9.86. The fourth-order valence-corrected chi connectivity index (χ4v) is 5.03. The number of fused-ring (bicyclic) bond motifs is 2. The van der Waals surface area contributed by atoms with Crippen molar-refractivity contribution in [2.45, 2.75) is 50.5 Å². The number of rotatable bonds is 2. The summed E-state index contributed by atoms with van der Waals surface area (Å²) in [6, 6.07) is 8.80. The van der Waals surface area contributed by atoms with Crippen molar-refractivity contribution >= 4 is 0 Å². The van der Waals surface area contributed by atoms with E-state index in [9.17, 15) is 5.11 Å². The molecule has 1 aromatic carbocycles. The first-order valence-corrected chi connectivity index (χ1v) is 8.33. The monoisotopic (exact) mass is 271 g/mol. The lowest BCUT2D eigenvalue weighted by Crippen LogP contribution is -2.43. The molecule has 1 unspecified atom stereocenters. The average molecular weight is 271 g/mol. The average Bonchev–Trinajstić information content (AvgIpc) is 3.11. The van der Waals surface area contributed by atoms with Crippen LogP contribution in [0.15, 0.2) is 24.3 Å². The first-order valence-electron chi connectivity index (χ1n) is 8.33. The maximum atomic E-state index is 10.0. The molecule has 1 heterocycles. The van der Waals surface area contributed by atoms with Crippen LogP contribution in [-0.2, 0) is 0 Å². The van der Waals surface area contributed by atoms with Gasteiger partial charge in [-0.05, 0) is 74.6 Å². The van der Waals surface area contributed by atoms with Crippen LogP contribution in [0.2, 0.25) is 0 Å². The highest BCUT2D eigenvalue weighted by Crippen LogP contribution is 2.47. The number of likely N-dealkylation sites (tertiary alicyclic amines) is 1. The lowest BCUT2D eigenvalue weighted by molar-refractivity contribution is 0.110. The smallest absolute Gasteiger partial charge is 0.119 e. The Hall–Kier alpha value is -1.02. The summed E-state index contributed by atoms with van der Waals surface area (Å²) in [7, 11) is 0. The van der Waals surface area contributed by atoms with Crippen LogP contribution in [0.3, 0.4) is 0 Å². The Balaban J connectivity index is 1.40. The van der Waals surface area contributed by atoms with Gasteiger partial charge in [0.15, 0.2) is 0 Å². The summed E-state index contributed by atoms with van der Waals surface area (Å²) in [5.41, 5.74) is 1.17. The number of benzene rings is 1. The Bertz CT molecular complexity index is 478. The minimum Gasteiger partial charge on any atom is -0.508 e. The second kappa shape index (κ2) is 5.07. The molecule has 3 aliphatic rings. The molecule has 108 valence electrons. The van der Waals surface area contributed by atoms with Gasteiger partial charge in [-0.1, -0.05) is 24.6 Å². The normalized spacial score (nSPS) is 34.7. The minimum atomic E-state index is 0.492. The molecule has 1 aliphatic heterocycles. The fraction of sp³-hybridized carbons (Fsp3) is 0.667. The van der Waals surface area contributed by atoms with Gasteiger partial charge in [-0.2, -0.15) is 0 Å². The summed E-state index contributed by atoms with van der Waals surface area (Å²) in [4.78, 5) is 2.76. The summed E-state index contributed by atoms with van der Waals surface area (Å²) in [6.45, 7) is 2.46. The van der Waals surface area contributed by atoms with Gasteiger partial charge in [0.05, 0.1) is 0 Å². The molecule has 0 radical (unpaired) electrons. The predicted molar refractivity (Wildman–Crippen MR) is 80.9 cm³/mol. The third kappa shape index (κ3) is 2.14. The van der Waals surface area contributed by atoms with Crippen LogP contribution in [-0.4, -0.2) is 29.1 Å². The molecule has 1 N–H and O–H groups in total. The first-order chi connectivity index (χ1) is 9.81. The van der Waals surface area contributed by atoms with E-state index in [4.69, 9.17) is 0 Å². The molecule has 3 atom stereocenters. The molecule has 0 amide bonds. The Kier molecular flexibility index (Phi) is 3.22. The standard InChI is InChI=1S/C18H25NO/c20-18-4-2-1-3-16(18)14-7-9-19(10-8-14)17-12-13-5-6-15(17)11-13/h1-4,13-15,17,20H,5-12H2/t13-,15?,17-/m0/s1. The molecule has 1 aromatic rings. The number of phenols is 1. The van der Waals surface area contributed by atoms with Gasteiger partial charge in [0.25, 0.3) is 0 Å². The number of hydrogen-bond donors (Lipinski definition) is 1. The van der Waals surface area contributed by atoms with Crippen LogP contribution < -0.4 is 0 Å². The molecule has 0 aromatic heterocycles. The van der Waals surface area contributed by atoms with Crippen molar-refractivity contribution in [2.75, 3.05) is 13.1 Å². The lowest BCUT2D eigenvalue weighted by Gasteiger charge is -2.39. The zero-order chi connectivity index (χ0) is 13.5. The summed E-state index contributed by atoms with van der Waals surface area (Å²) < 4.78 is 0. The van der Waals surface area contributed by atoms with E-state index in [1.54, 1.807) is 0 Å². The summed E-state index contributed by atoms with van der Waals surface area (Å²) >= 11 is 0. The van der Waals surface area contributed by atoms with Gasteiger partial charge in [0.1, 0.15) is 5.75 Å². The van der Waals surface area contributed by atoms with Crippen LogP contribution >= 0.6 is 0 Å².